The third-order valence-corrected chi connectivity index (χ3v) is 3.14. The quantitative estimate of drug-likeness (QED) is 0.567. The third-order valence-electron chi connectivity index (χ3n) is 3.14. The predicted octanol–water partition coefficient (Wildman–Crippen LogP) is 0.285. The molecule has 2 nitrogen and oxygen atoms in total. The Balaban J connectivity index is 1.93. The van der Waals surface area contributed by atoms with E-state index in [1.165, 1.54) is 26.1 Å². The van der Waals surface area contributed by atoms with Gasteiger partial charge in [0.25, 0.3) is 0 Å². The second-order valence-electron chi connectivity index (χ2n) is 3.68. The molecule has 10 heavy (non-hydrogen) atoms. The Kier molecular flexibility index (Phi) is 1.46. The summed E-state index contributed by atoms with van der Waals surface area (Å²) in [6.45, 7) is 6.02. The van der Waals surface area contributed by atoms with Crippen LogP contribution in [0, 0.1) is 11.8 Å². The van der Waals surface area contributed by atoms with Crippen LogP contribution in [0.2, 0.25) is 0 Å². The lowest BCUT2D eigenvalue weighted by Gasteiger charge is -2.36. The predicted molar refractivity (Wildman–Crippen MR) is 41.7 cm³/mol. The van der Waals surface area contributed by atoms with E-state index in [0.717, 1.165) is 11.8 Å². The van der Waals surface area contributed by atoms with Gasteiger partial charge in [0.05, 0.1) is 0 Å². The van der Waals surface area contributed by atoms with Crippen LogP contribution in [-0.2, 0) is 0 Å². The Hall–Kier alpha value is -0.0800. The summed E-state index contributed by atoms with van der Waals surface area (Å²) in [4.78, 5) is 2.52. The van der Waals surface area contributed by atoms with Crippen molar-refractivity contribution in [2.24, 2.45) is 17.6 Å². The minimum absolute atomic E-state index is 0.529. The first kappa shape index (κ1) is 6.62. The van der Waals surface area contributed by atoms with Gasteiger partial charge in [-0.15, -0.1) is 0 Å². The summed E-state index contributed by atoms with van der Waals surface area (Å²) in [5.74, 6) is 1.80. The molecule has 0 spiro atoms. The largest absolute Gasteiger partial charge is 0.327 e. The van der Waals surface area contributed by atoms with Crippen molar-refractivity contribution in [1.82, 2.24) is 4.90 Å². The maximum atomic E-state index is 5.85. The standard InChI is InChI=1S/C8H16N2/c1-2-10-4-6-3-8(9)7(6)5-10/h6-8H,2-5,9H2,1H3/t6?,7?,8-/m0/s1. The van der Waals surface area contributed by atoms with Crippen LogP contribution in [0.25, 0.3) is 0 Å². The van der Waals surface area contributed by atoms with Crippen LogP contribution >= 0.6 is 0 Å². The van der Waals surface area contributed by atoms with Gasteiger partial charge in [-0.1, -0.05) is 6.92 Å². The van der Waals surface area contributed by atoms with Gasteiger partial charge >= 0.3 is 0 Å². The number of rotatable bonds is 1. The molecule has 0 aromatic heterocycles. The average molecular weight is 140 g/mol. The second-order valence-corrected chi connectivity index (χ2v) is 3.68. The molecular formula is C8H16N2. The molecule has 2 fully saturated rings. The molecule has 1 aliphatic heterocycles. The molecule has 2 heteroatoms. The molecule has 0 radical (unpaired) electrons. The summed E-state index contributed by atoms with van der Waals surface area (Å²) in [5, 5.41) is 0. The fourth-order valence-electron chi connectivity index (χ4n) is 2.31. The van der Waals surface area contributed by atoms with E-state index in [-0.39, 0.29) is 0 Å². The van der Waals surface area contributed by atoms with Crippen LogP contribution in [0.15, 0.2) is 0 Å². The highest BCUT2D eigenvalue weighted by atomic mass is 15.2. The van der Waals surface area contributed by atoms with Crippen LogP contribution in [0.1, 0.15) is 13.3 Å². The van der Waals surface area contributed by atoms with Crippen molar-refractivity contribution < 1.29 is 0 Å². The SMILES string of the molecule is CCN1CC2C[C@H](N)C2C1. The van der Waals surface area contributed by atoms with E-state index in [1.54, 1.807) is 0 Å². The summed E-state index contributed by atoms with van der Waals surface area (Å²) < 4.78 is 0. The van der Waals surface area contributed by atoms with Gasteiger partial charge in [0, 0.05) is 19.1 Å². The van der Waals surface area contributed by atoms with Gasteiger partial charge in [-0.2, -0.15) is 0 Å². The number of nitrogens with zero attached hydrogens (tertiary/aromatic N) is 1. The van der Waals surface area contributed by atoms with E-state index in [0.29, 0.717) is 6.04 Å². The van der Waals surface area contributed by atoms with Crippen LogP contribution in [0.4, 0.5) is 0 Å². The van der Waals surface area contributed by atoms with Crippen LogP contribution in [0.5, 0.6) is 0 Å². The highest BCUT2D eigenvalue weighted by Gasteiger charge is 2.44. The van der Waals surface area contributed by atoms with Crippen molar-refractivity contribution in [3.63, 3.8) is 0 Å². The van der Waals surface area contributed by atoms with E-state index in [2.05, 4.69) is 11.8 Å². The van der Waals surface area contributed by atoms with Crippen molar-refractivity contribution in [3.05, 3.63) is 0 Å². The van der Waals surface area contributed by atoms with Gasteiger partial charge < -0.3 is 10.6 Å². The van der Waals surface area contributed by atoms with Crippen LogP contribution in [-0.4, -0.2) is 30.6 Å². The summed E-state index contributed by atoms with van der Waals surface area (Å²) in [5.41, 5.74) is 5.85. The molecule has 2 rings (SSSR count). The Morgan fingerprint density at radius 3 is 2.80 bits per heavy atom. The number of hydrogen-bond acceptors (Lipinski definition) is 2. The normalized spacial score (nSPS) is 46.8. The first-order valence-corrected chi connectivity index (χ1v) is 4.29. The Morgan fingerprint density at radius 2 is 2.30 bits per heavy atom. The number of hydrogen-bond donors (Lipinski definition) is 1. The fourth-order valence-corrected chi connectivity index (χ4v) is 2.31. The first-order chi connectivity index (χ1) is 4.81. The molecule has 2 N–H and O–H groups in total. The number of likely N-dealkylation sites (tertiary alicyclic amines) is 1. The summed E-state index contributed by atoms with van der Waals surface area (Å²) in [7, 11) is 0. The molecule has 1 aliphatic carbocycles. The lowest BCUT2D eigenvalue weighted by atomic mass is 9.72. The second kappa shape index (κ2) is 2.21. The molecule has 2 aliphatic rings. The molecule has 0 bridgehead atoms. The van der Waals surface area contributed by atoms with Crippen molar-refractivity contribution in [2.45, 2.75) is 19.4 Å². The minimum atomic E-state index is 0.529. The topological polar surface area (TPSA) is 29.3 Å². The van der Waals surface area contributed by atoms with Crippen LogP contribution in [0.3, 0.4) is 0 Å². The molecule has 0 amide bonds. The first-order valence-electron chi connectivity index (χ1n) is 4.29. The highest BCUT2D eigenvalue weighted by Crippen LogP contribution is 2.39. The van der Waals surface area contributed by atoms with Crippen molar-refractivity contribution >= 4 is 0 Å². The zero-order chi connectivity index (χ0) is 7.14. The molecular weight excluding hydrogens is 124 g/mol. The van der Waals surface area contributed by atoms with Gasteiger partial charge in [-0.25, -0.2) is 0 Å². The van der Waals surface area contributed by atoms with E-state index < -0.39 is 0 Å². The van der Waals surface area contributed by atoms with E-state index in [4.69, 9.17) is 5.73 Å². The molecule has 2 unspecified atom stereocenters. The monoisotopic (exact) mass is 140 g/mol. The van der Waals surface area contributed by atoms with Crippen molar-refractivity contribution in [3.8, 4) is 0 Å². The maximum Gasteiger partial charge on any atom is 0.00857 e. The van der Waals surface area contributed by atoms with E-state index in [1.807, 2.05) is 0 Å². The molecule has 1 saturated heterocycles. The number of fused-ring (bicyclic) bond motifs is 1. The fraction of sp³-hybridized carbons (Fsp3) is 1.00. The molecule has 0 aromatic carbocycles. The Morgan fingerprint density at radius 1 is 1.50 bits per heavy atom. The molecule has 1 heterocycles. The van der Waals surface area contributed by atoms with E-state index in [9.17, 15) is 0 Å². The third kappa shape index (κ3) is 0.789. The van der Waals surface area contributed by atoms with Crippen molar-refractivity contribution in [2.75, 3.05) is 19.6 Å². The summed E-state index contributed by atoms with van der Waals surface area (Å²) in [6.07, 6.45) is 1.28. The summed E-state index contributed by atoms with van der Waals surface area (Å²) in [6, 6.07) is 0.529. The highest BCUT2D eigenvalue weighted by molar-refractivity contribution is 4.99. The minimum Gasteiger partial charge on any atom is -0.327 e. The lowest BCUT2D eigenvalue weighted by Crippen LogP contribution is -2.46. The zero-order valence-corrected chi connectivity index (χ0v) is 6.59. The van der Waals surface area contributed by atoms with Gasteiger partial charge in [-0.05, 0) is 24.8 Å². The van der Waals surface area contributed by atoms with Gasteiger partial charge in [0.2, 0.25) is 0 Å². The van der Waals surface area contributed by atoms with Gasteiger partial charge in [-0.3, -0.25) is 0 Å². The molecule has 0 aromatic rings. The molecule has 1 saturated carbocycles. The van der Waals surface area contributed by atoms with Gasteiger partial charge in [0.15, 0.2) is 0 Å². The maximum absolute atomic E-state index is 5.85. The Labute approximate surface area is 62.4 Å². The molecule has 3 atom stereocenters. The van der Waals surface area contributed by atoms with Crippen LogP contribution < -0.4 is 5.73 Å². The van der Waals surface area contributed by atoms with Gasteiger partial charge in [0.1, 0.15) is 0 Å². The molecule has 58 valence electrons. The van der Waals surface area contributed by atoms with E-state index >= 15 is 0 Å². The lowest BCUT2D eigenvalue weighted by molar-refractivity contribution is 0.194. The Bertz CT molecular complexity index is 135. The number of nitrogens with two attached hydrogens (primary N) is 1. The zero-order valence-electron chi connectivity index (χ0n) is 6.59. The van der Waals surface area contributed by atoms with Crippen molar-refractivity contribution in [1.29, 1.82) is 0 Å². The smallest absolute Gasteiger partial charge is 0.00857 e. The average Bonchev–Trinajstić information content (AvgIpc) is 2.26. The summed E-state index contributed by atoms with van der Waals surface area (Å²) >= 11 is 0.